The van der Waals surface area contributed by atoms with Gasteiger partial charge in [-0.3, -0.25) is 4.68 Å². The third kappa shape index (κ3) is 2.65. The predicted molar refractivity (Wildman–Crippen MR) is 75.9 cm³/mol. The van der Waals surface area contributed by atoms with Crippen LogP contribution in [0.25, 0.3) is 10.9 Å². The summed E-state index contributed by atoms with van der Waals surface area (Å²) in [6.07, 6.45) is 0. The highest BCUT2D eigenvalue weighted by Gasteiger charge is 2.15. The lowest BCUT2D eigenvalue weighted by atomic mass is 10.0. The second-order valence-corrected chi connectivity index (χ2v) is 5.36. The zero-order valence-corrected chi connectivity index (χ0v) is 12.1. The predicted octanol–water partition coefficient (Wildman–Crippen LogP) is 2.64. The molecule has 0 radical (unpaired) electrons. The number of ether oxygens (including phenoxy) is 1. The zero-order valence-electron chi connectivity index (χ0n) is 12.1. The Morgan fingerprint density at radius 2 is 2.11 bits per heavy atom. The first-order valence-corrected chi connectivity index (χ1v) is 6.66. The van der Waals surface area contributed by atoms with Crippen LogP contribution in [0.5, 0.6) is 0 Å². The van der Waals surface area contributed by atoms with Crippen molar-refractivity contribution in [2.24, 2.45) is 5.92 Å². The van der Waals surface area contributed by atoms with Gasteiger partial charge >= 0.3 is 0 Å². The maximum Gasteiger partial charge on any atom is 0.0960 e. The molecule has 0 fully saturated rings. The largest absolute Gasteiger partial charge is 0.392 e. The average Bonchev–Trinajstić information content (AvgIpc) is 2.68. The van der Waals surface area contributed by atoms with Gasteiger partial charge in [0.05, 0.1) is 24.4 Å². The molecule has 1 N–H and O–H groups in total. The number of hydrogen-bond donors (Lipinski definition) is 1. The number of fused-ring (bicyclic) bond motifs is 1. The molecule has 0 amide bonds. The van der Waals surface area contributed by atoms with Gasteiger partial charge in [-0.1, -0.05) is 26.0 Å². The SMILES string of the molecule is COCc1nn(CC(C)C)c2c(C)c(CO)ccc12. The van der Waals surface area contributed by atoms with Crippen molar-refractivity contribution in [1.82, 2.24) is 9.78 Å². The van der Waals surface area contributed by atoms with Crippen molar-refractivity contribution >= 4 is 10.9 Å². The maximum atomic E-state index is 9.41. The highest BCUT2D eigenvalue weighted by molar-refractivity contribution is 5.85. The Hall–Kier alpha value is -1.39. The third-order valence-electron chi connectivity index (χ3n) is 3.34. The molecule has 1 aromatic carbocycles. The summed E-state index contributed by atoms with van der Waals surface area (Å²) in [5, 5.41) is 15.2. The van der Waals surface area contributed by atoms with Crippen LogP contribution in [-0.2, 0) is 24.5 Å². The Kier molecular flexibility index (Phi) is 4.22. The van der Waals surface area contributed by atoms with E-state index in [9.17, 15) is 5.11 Å². The zero-order chi connectivity index (χ0) is 14.0. The smallest absolute Gasteiger partial charge is 0.0960 e. The number of aromatic nitrogens is 2. The van der Waals surface area contributed by atoms with E-state index in [0.29, 0.717) is 12.5 Å². The van der Waals surface area contributed by atoms with Crippen LogP contribution in [0.3, 0.4) is 0 Å². The lowest BCUT2D eigenvalue weighted by Gasteiger charge is -2.10. The number of aliphatic hydroxyl groups excluding tert-OH is 1. The van der Waals surface area contributed by atoms with Crippen LogP contribution in [0.1, 0.15) is 30.7 Å². The molecule has 0 aliphatic heterocycles. The first kappa shape index (κ1) is 14.0. The quantitative estimate of drug-likeness (QED) is 0.901. The van der Waals surface area contributed by atoms with E-state index < -0.39 is 0 Å². The van der Waals surface area contributed by atoms with Crippen LogP contribution in [0.2, 0.25) is 0 Å². The number of methoxy groups -OCH3 is 1. The first-order chi connectivity index (χ1) is 9.08. The standard InChI is InChI=1S/C15H22N2O2/c1-10(2)7-17-15-11(3)12(8-18)5-6-13(15)14(16-17)9-19-4/h5-6,10,18H,7-9H2,1-4H3. The van der Waals surface area contributed by atoms with Gasteiger partial charge in [0.2, 0.25) is 0 Å². The van der Waals surface area contributed by atoms with Crippen molar-refractivity contribution in [2.45, 2.75) is 40.5 Å². The normalized spacial score (nSPS) is 11.7. The van der Waals surface area contributed by atoms with E-state index in [-0.39, 0.29) is 6.61 Å². The fraction of sp³-hybridized carbons (Fsp3) is 0.533. The van der Waals surface area contributed by atoms with Crippen LogP contribution in [0, 0.1) is 12.8 Å². The molecule has 2 aromatic rings. The molecule has 1 aromatic heterocycles. The molecule has 4 nitrogen and oxygen atoms in total. The molecule has 104 valence electrons. The van der Waals surface area contributed by atoms with Gasteiger partial charge < -0.3 is 9.84 Å². The van der Waals surface area contributed by atoms with E-state index in [0.717, 1.165) is 34.3 Å². The van der Waals surface area contributed by atoms with Crippen molar-refractivity contribution < 1.29 is 9.84 Å². The minimum atomic E-state index is 0.0637. The Morgan fingerprint density at radius 1 is 1.37 bits per heavy atom. The first-order valence-electron chi connectivity index (χ1n) is 6.66. The lowest BCUT2D eigenvalue weighted by Crippen LogP contribution is -2.07. The van der Waals surface area contributed by atoms with E-state index in [1.807, 2.05) is 23.7 Å². The van der Waals surface area contributed by atoms with Crippen molar-refractivity contribution in [1.29, 1.82) is 0 Å². The fourth-order valence-electron chi connectivity index (χ4n) is 2.45. The van der Waals surface area contributed by atoms with E-state index in [2.05, 4.69) is 18.9 Å². The van der Waals surface area contributed by atoms with Gasteiger partial charge in [-0.05, 0) is 24.0 Å². The molecule has 0 spiro atoms. The van der Waals surface area contributed by atoms with E-state index >= 15 is 0 Å². The molecule has 0 aliphatic carbocycles. The summed E-state index contributed by atoms with van der Waals surface area (Å²) in [7, 11) is 1.68. The number of rotatable bonds is 5. The minimum Gasteiger partial charge on any atom is -0.392 e. The molecule has 19 heavy (non-hydrogen) atoms. The molecule has 0 bridgehead atoms. The minimum absolute atomic E-state index is 0.0637. The number of nitrogens with zero attached hydrogens (tertiary/aromatic N) is 2. The molecule has 0 saturated carbocycles. The molecular formula is C15H22N2O2. The maximum absolute atomic E-state index is 9.41. The molecule has 0 saturated heterocycles. The summed E-state index contributed by atoms with van der Waals surface area (Å²) in [5.41, 5.74) is 4.15. The molecule has 4 heteroatoms. The highest BCUT2D eigenvalue weighted by atomic mass is 16.5. The van der Waals surface area contributed by atoms with Gasteiger partial charge in [0.25, 0.3) is 0 Å². The van der Waals surface area contributed by atoms with Gasteiger partial charge in [-0.25, -0.2) is 0 Å². The van der Waals surface area contributed by atoms with Crippen LogP contribution >= 0.6 is 0 Å². The number of hydrogen-bond acceptors (Lipinski definition) is 3. The topological polar surface area (TPSA) is 47.3 Å². The van der Waals surface area contributed by atoms with Crippen molar-refractivity contribution in [3.63, 3.8) is 0 Å². The molecule has 1 heterocycles. The number of aliphatic hydroxyl groups is 1. The van der Waals surface area contributed by atoms with Crippen molar-refractivity contribution in [3.05, 3.63) is 29.0 Å². The Morgan fingerprint density at radius 3 is 2.68 bits per heavy atom. The summed E-state index contributed by atoms with van der Waals surface area (Å²) in [4.78, 5) is 0. The number of benzene rings is 1. The van der Waals surface area contributed by atoms with E-state index in [4.69, 9.17) is 4.74 Å². The van der Waals surface area contributed by atoms with E-state index in [1.54, 1.807) is 7.11 Å². The second-order valence-electron chi connectivity index (χ2n) is 5.36. The molecule has 0 atom stereocenters. The molecule has 0 unspecified atom stereocenters. The fourth-order valence-corrected chi connectivity index (χ4v) is 2.45. The Balaban J connectivity index is 2.65. The third-order valence-corrected chi connectivity index (χ3v) is 3.34. The van der Waals surface area contributed by atoms with Gasteiger partial charge in [0.1, 0.15) is 0 Å². The van der Waals surface area contributed by atoms with Gasteiger partial charge in [-0.15, -0.1) is 0 Å². The summed E-state index contributed by atoms with van der Waals surface area (Å²) < 4.78 is 7.27. The summed E-state index contributed by atoms with van der Waals surface area (Å²) in [6, 6.07) is 4.00. The monoisotopic (exact) mass is 262 g/mol. The van der Waals surface area contributed by atoms with E-state index in [1.165, 1.54) is 0 Å². The van der Waals surface area contributed by atoms with Crippen molar-refractivity contribution in [2.75, 3.05) is 7.11 Å². The average molecular weight is 262 g/mol. The number of aryl methyl sites for hydroxylation is 1. The van der Waals surface area contributed by atoms with Crippen LogP contribution in [0.4, 0.5) is 0 Å². The second kappa shape index (κ2) is 5.72. The van der Waals surface area contributed by atoms with Crippen LogP contribution in [-0.4, -0.2) is 22.0 Å². The summed E-state index contributed by atoms with van der Waals surface area (Å²) in [6.45, 7) is 7.84. The highest BCUT2D eigenvalue weighted by Crippen LogP contribution is 2.26. The summed E-state index contributed by atoms with van der Waals surface area (Å²) in [5.74, 6) is 0.524. The van der Waals surface area contributed by atoms with Crippen LogP contribution < -0.4 is 0 Å². The van der Waals surface area contributed by atoms with Crippen LogP contribution in [0.15, 0.2) is 12.1 Å². The molecule has 0 aliphatic rings. The Labute approximate surface area is 114 Å². The summed E-state index contributed by atoms with van der Waals surface area (Å²) >= 11 is 0. The molecular weight excluding hydrogens is 240 g/mol. The van der Waals surface area contributed by atoms with Crippen molar-refractivity contribution in [3.8, 4) is 0 Å². The van der Waals surface area contributed by atoms with Gasteiger partial charge in [0.15, 0.2) is 0 Å². The molecule has 2 rings (SSSR count). The Bertz CT molecular complexity index is 573. The van der Waals surface area contributed by atoms with Gasteiger partial charge in [0, 0.05) is 19.0 Å². The lowest BCUT2D eigenvalue weighted by molar-refractivity contribution is 0.181. The van der Waals surface area contributed by atoms with Gasteiger partial charge in [-0.2, -0.15) is 5.10 Å².